The van der Waals surface area contributed by atoms with Crippen molar-refractivity contribution >= 4 is 34.3 Å². The van der Waals surface area contributed by atoms with Gasteiger partial charge in [-0.3, -0.25) is 5.32 Å². The number of carbonyl (C=O) groups is 1. The highest BCUT2D eigenvalue weighted by atomic mass is 35.5. The van der Waals surface area contributed by atoms with Gasteiger partial charge in [-0.1, -0.05) is 23.7 Å². The third-order valence-electron chi connectivity index (χ3n) is 4.78. The first-order valence-electron chi connectivity index (χ1n) is 9.99. The number of rotatable bonds is 7. The van der Waals surface area contributed by atoms with E-state index in [2.05, 4.69) is 15.3 Å². The van der Waals surface area contributed by atoms with Gasteiger partial charge in [0.15, 0.2) is 11.5 Å². The molecule has 1 amide bonds. The van der Waals surface area contributed by atoms with Crippen LogP contribution in [0.3, 0.4) is 0 Å². The molecule has 0 aliphatic heterocycles. The quantitative estimate of drug-likeness (QED) is 0.345. The van der Waals surface area contributed by atoms with Gasteiger partial charge >= 0.3 is 6.09 Å². The summed E-state index contributed by atoms with van der Waals surface area (Å²) < 4.78 is 34.7. The lowest BCUT2D eigenvalue weighted by Crippen LogP contribution is -2.13. The minimum absolute atomic E-state index is 0.0139. The molecule has 4 rings (SSSR count). The highest BCUT2D eigenvalue weighted by molar-refractivity contribution is 6.33. The van der Waals surface area contributed by atoms with Gasteiger partial charge in [0, 0.05) is 12.1 Å². The molecule has 0 unspecified atom stereocenters. The molecule has 0 spiro atoms. The monoisotopic (exact) mass is 483 g/mol. The van der Waals surface area contributed by atoms with Gasteiger partial charge in [0.05, 0.1) is 35.8 Å². The summed E-state index contributed by atoms with van der Waals surface area (Å²) in [4.78, 5) is 20.6. The number of fused-ring (bicyclic) bond motifs is 1. The predicted molar refractivity (Wildman–Crippen MR) is 124 cm³/mol. The molecule has 1 heterocycles. The van der Waals surface area contributed by atoms with Crippen LogP contribution in [-0.4, -0.2) is 30.3 Å². The van der Waals surface area contributed by atoms with Gasteiger partial charge < -0.3 is 18.9 Å². The molecule has 10 heteroatoms. The van der Waals surface area contributed by atoms with Crippen LogP contribution in [0.2, 0.25) is 5.02 Å². The van der Waals surface area contributed by atoms with Crippen molar-refractivity contribution in [3.05, 3.63) is 77.3 Å². The van der Waals surface area contributed by atoms with E-state index in [0.717, 1.165) is 0 Å². The van der Waals surface area contributed by atoms with Gasteiger partial charge in [-0.05, 0) is 35.9 Å². The van der Waals surface area contributed by atoms with E-state index in [4.69, 9.17) is 30.5 Å². The molecule has 0 aliphatic rings. The Bertz CT molecular complexity index is 1330. The van der Waals surface area contributed by atoms with Crippen LogP contribution in [0.5, 0.6) is 23.1 Å². The Kier molecular flexibility index (Phi) is 6.93. The SMILES string of the molecule is COc1cc2ncnc(Oc3ccc(NC(=O)OCc4ccc(F)cc4)c(Cl)c3)c2cc1OC. The van der Waals surface area contributed by atoms with E-state index in [0.29, 0.717) is 45.3 Å². The van der Waals surface area contributed by atoms with Crippen molar-refractivity contribution in [3.63, 3.8) is 0 Å². The molecule has 34 heavy (non-hydrogen) atoms. The summed E-state index contributed by atoms with van der Waals surface area (Å²) in [7, 11) is 3.07. The van der Waals surface area contributed by atoms with E-state index in [9.17, 15) is 9.18 Å². The summed E-state index contributed by atoms with van der Waals surface area (Å²) in [5.74, 6) is 1.36. The molecule has 0 atom stereocenters. The van der Waals surface area contributed by atoms with Crippen molar-refractivity contribution in [1.82, 2.24) is 9.97 Å². The molecule has 3 aromatic carbocycles. The first kappa shape index (κ1) is 23.1. The summed E-state index contributed by atoms with van der Waals surface area (Å²) in [6, 6.07) is 13.8. The van der Waals surface area contributed by atoms with Gasteiger partial charge in [0.25, 0.3) is 0 Å². The number of anilines is 1. The molecular formula is C24H19ClFN3O5. The summed E-state index contributed by atoms with van der Waals surface area (Å²) in [5.41, 5.74) is 1.59. The van der Waals surface area contributed by atoms with Crippen LogP contribution in [0.15, 0.2) is 60.9 Å². The third kappa shape index (κ3) is 5.26. The molecule has 0 aliphatic carbocycles. The number of methoxy groups -OCH3 is 2. The van der Waals surface area contributed by atoms with Crippen molar-refractivity contribution < 1.29 is 28.1 Å². The second-order valence-electron chi connectivity index (χ2n) is 6.97. The second kappa shape index (κ2) is 10.2. The van der Waals surface area contributed by atoms with Crippen LogP contribution >= 0.6 is 11.6 Å². The molecule has 0 saturated heterocycles. The minimum Gasteiger partial charge on any atom is -0.493 e. The Balaban J connectivity index is 1.46. The van der Waals surface area contributed by atoms with Gasteiger partial charge in [0.1, 0.15) is 24.5 Å². The molecule has 0 bridgehead atoms. The summed E-state index contributed by atoms with van der Waals surface area (Å²) >= 11 is 6.32. The lowest BCUT2D eigenvalue weighted by Gasteiger charge is -2.12. The Morgan fingerprint density at radius 2 is 1.74 bits per heavy atom. The largest absolute Gasteiger partial charge is 0.493 e. The molecule has 1 N–H and O–H groups in total. The highest BCUT2D eigenvalue weighted by Crippen LogP contribution is 2.36. The van der Waals surface area contributed by atoms with Crippen molar-refractivity contribution in [2.75, 3.05) is 19.5 Å². The number of carbonyl (C=O) groups excluding carboxylic acids is 1. The Morgan fingerprint density at radius 3 is 2.44 bits per heavy atom. The van der Waals surface area contributed by atoms with E-state index in [1.165, 1.54) is 43.8 Å². The molecule has 4 aromatic rings. The van der Waals surface area contributed by atoms with Crippen molar-refractivity contribution in [2.45, 2.75) is 6.61 Å². The molecule has 0 radical (unpaired) electrons. The first-order valence-corrected chi connectivity index (χ1v) is 10.4. The maximum Gasteiger partial charge on any atom is 0.412 e. The topological polar surface area (TPSA) is 91.8 Å². The number of hydrogen-bond acceptors (Lipinski definition) is 7. The van der Waals surface area contributed by atoms with Gasteiger partial charge in [-0.15, -0.1) is 0 Å². The second-order valence-corrected chi connectivity index (χ2v) is 7.38. The molecule has 0 saturated carbocycles. The standard InChI is InChI=1S/C24H19ClFN3O5/c1-31-21-10-17-20(11-22(21)32-2)27-13-28-23(17)34-16-7-8-19(18(25)9-16)29-24(30)33-12-14-3-5-15(26)6-4-14/h3-11,13H,12H2,1-2H3,(H,29,30). The van der Waals surface area contributed by atoms with Crippen LogP contribution in [0.1, 0.15) is 5.56 Å². The maximum absolute atomic E-state index is 13.0. The molecule has 8 nitrogen and oxygen atoms in total. The van der Waals surface area contributed by atoms with E-state index >= 15 is 0 Å². The van der Waals surface area contributed by atoms with E-state index in [1.54, 1.807) is 31.4 Å². The number of amides is 1. The normalized spacial score (nSPS) is 10.6. The van der Waals surface area contributed by atoms with Crippen molar-refractivity contribution in [2.24, 2.45) is 0 Å². The van der Waals surface area contributed by atoms with Gasteiger partial charge in [-0.2, -0.15) is 0 Å². The van der Waals surface area contributed by atoms with Crippen LogP contribution in [0.25, 0.3) is 10.9 Å². The fourth-order valence-electron chi connectivity index (χ4n) is 3.09. The fraction of sp³-hybridized carbons (Fsp3) is 0.125. The number of aromatic nitrogens is 2. The van der Waals surface area contributed by atoms with Crippen molar-refractivity contribution in [3.8, 4) is 23.1 Å². The minimum atomic E-state index is -0.706. The zero-order valence-electron chi connectivity index (χ0n) is 18.2. The lowest BCUT2D eigenvalue weighted by atomic mass is 10.2. The van der Waals surface area contributed by atoms with E-state index in [-0.39, 0.29) is 17.4 Å². The molecule has 0 fully saturated rings. The van der Waals surface area contributed by atoms with Gasteiger partial charge in [-0.25, -0.2) is 19.2 Å². The maximum atomic E-state index is 13.0. The average Bonchev–Trinajstić information content (AvgIpc) is 2.84. The van der Waals surface area contributed by atoms with E-state index < -0.39 is 6.09 Å². The predicted octanol–water partition coefficient (Wildman–Crippen LogP) is 5.98. The summed E-state index contributed by atoms with van der Waals surface area (Å²) in [6.07, 6.45) is 0.667. The van der Waals surface area contributed by atoms with Crippen LogP contribution in [0.4, 0.5) is 14.9 Å². The number of benzene rings is 3. The first-order chi connectivity index (χ1) is 16.5. The Morgan fingerprint density at radius 1 is 1.00 bits per heavy atom. The molecule has 174 valence electrons. The fourth-order valence-corrected chi connectivity index (χ4v) is 3.31. The van der Waals surface area contributed by atoms with Gasteiger partial charge in [0.2, 0.25) is 5.88 Å². The average molecular weight is 484 g/mol. The van der Waals surface area contributed by atoms with E-state index in [1.807, 2.05) is 0 Å². The zero-order valence-corrected chi connectivity index (χ0v) is 18.9. The number of nitrogens with one attached hydrogen (secondary N) is 1. The molecular weight excluding hydrogens is 465 g/mol. The van der Waals surface area contributed by atoms with Crippen molar-refractivity contribution in [1.29, 1.82) is 0 Å². The number of halogens is 2. The number of nitrogens with zero attached hydrogens (tertiary/aromatic N) is 2. The Labute approximate surface area is 199 Å². The highest BCUT2D eigenvalue weighted by Gasteiger charge is 2.14. The zero-order chi connectivity index (χ0) is 24.1. The lowest BCUT2D eigenvalue weighted by molar-refractivity contribution is 0.155. The Hall–Kier alpha value is -4.11. The summed E-state index contributed by atoms with van der Waals surface area (Å²) in [6.45, 7) is -0.0139. The molecule has 1 aromatic heterocycles. The van der Waals surface area contributed by atoms with Crippen LogP contribution in [-0.2, 0) is 11.3 Å². The van der Waals surface area contributed by atoms with Crippen LogP contribution < -0.4 is 19.5 Å². The summed E-state index contributed by atoms with van der Waals surface area (Å²) in [5, 5.41) is 3.41. The third-order valence-corrected chi connectivity index (χ3v) is 5.09. The van der Waals surface area contributed by atoms with Crippen LogP contribution in [0, 0.1) is 5.82 Å². The number of ether oxygens (including phenoxy) is 4. The number of hydrogen-bond donors (Lipinski definition) is 1. The smallest absolute Gasteiger partial charge is 0.412 e.